The summed E-state index contributed by atoms with van der Waals surface area (Å²) in [6.07, 6.45) is 5.23. The molecule has 21 heavy (non-hydrogen) atoms. The summed E-state index contributed by atoms with van der Waals surface area (Å²) in [5.41, 5.74) is 5.18. The van der Waals surface area contributed by atoms with Crippen LogP contribution >= 0.6 is 0 Å². The normalized spacial score (nSPS) is 15.4. The Balaban J connectivity index is 1.88. The summed E-state index contributed by atoms with van der Waals surface area (Å²) in [5, 5.41) is 20.4. The molecule has 0 saturated carbocycles. The third-order valence-electron chi connectivity index (χ3n) is 3.81. The topological polar surface area (TPSA) is 71.4 Å². The van der Waals surface area contributed by atoms with Crippen molar-refractivity contribution in [2.45, 2.75) is 6.42 Å². The Bertz CT molecular complexity index is 826. The lowest BCUT2D eigenvalue weighted by Crippen LogP contribution is -2.21. The van der Waals surface area contributed by atoms with Crippen LogP contribution in [0.1, 0.15) is 12.1 Å². The van der Waals surface area contributed by atoms with Crippen molar-refractivity contribution < 1.29 is 0 Å². The average Bonchev–Trinajstić information content (AvgIpc) is 3.14. The molecule has 2 N–H and O–H groups in total. The lowest BCUT2D eigenvalue weighted by Gasteiger charge is -2.12. The molecule has 0 radical (unpaired) electrons. The minimum Gasteiger partial charge on any atom is -0.312 e. The Labute approximate surface area is 121 Å². The fraction of sp³-hybridized carbons (Fsp3) is 0.267. The standard InChI is InChI=1S/C15H16N6/c1-21-9-13(17-20-21)11-5-2-6-12-14(18-19-15(11)12)10-4-3-7-16-8-10/h2,4-6,9,16H,3,7-8H2,1H3,(H,18,19). The smallest absolute Gasteiger partial charge is 0.115 e. The molecular formula is C15H16N6. The van der Waals surface area contributed by atoms with E-state index in [1.807, 2.05) is 25.4 Å². The largest absolute Gasteiger partial charge is 0.312 e. The van der Waals surface area contributed by atoms with Crippen LogP contribution in [0.4, 0.5) is 0 Å². The molecule has 1 aliphatic heterocycles. The lowest BCUT2D eigenvalue weighted by molar-refractivity contribution is 0.715. The number of aromatic amines is 1. The van der Waals surface area contributed by atoms with Crippen molar-refractivity contribution in [1.29, 1.82) is 0 Å². The second kappa shape index (κ2) is 4.82. The van der Waals surface area contributed by atoms with Gasteiger partial charge in [0.2, 0.25) is 0 Å². The number of nitrogens with one attached hydrogen (secondary N) is 2. The van der Waals surface area contributed by atoms with Crippen molar-refractivity contribution in [3.8, 4) is 11.3 Å². The molecule has 0 saturated heterocycles. The summed E-state index contributed by atoms with van der Waals surface area (Å²) in [6.45, 7) is 1.91. The molecule has 0 aliphatic carbocycles. The highest BCUT2D eigenvalue weighted by Gasteiger charge is 2.16. The summed E-state index contributed by atoms with van der Waals surface area (Å²) >= 11 is 0. The summed E-state index contributed by atoms with van der Waals surface area (Å²) in [7, 11) is 1.87. The maximum Gasteiger partial charge on any atom is 0.115 e. The van der Waals surface area contributed by atoms with E-state index < -0.39 is 0 Å². The number of benzene rings is 1. The molecule has 106 valence electrons. The van der Waals surface area contributed by atoms with Gasteiger partial charge in [-0.05, 0) is 18.5 Å². The zero-order valence-corrected chi connectivity index (χ0v) is 11.8. The highest BCUT2D eigenvalue weighted by atomic mass is 15.4. The number of H-pyrrole nitrogens is 1. The first kappa shape index (κ1) is 12.3. The molecule has 0 bridgehead atoms. The monoisotopic (exact) mass is 280 g/mol. The van der Waals surface area contributed by atoms with Crippen LogP contribution in [-0.4, -0.2) is 38.3 Å². The average molecular weight is 280 g/mol. The summed E-state index contributed by atoms with van der Waals surface area (Å²) < 4.78 is 1.71. The van der Waals surface area contributed by atoms with E-state index in [1.165, 1.54) is 5.57 Å². The van der Waals surface area contributed by atoms with Crippen LogP contribution in [0, 0.1) is 0 Å². The van der Waals surface area contributed by atoms with Crippen LogP contribution in [0.25, 0.3) is 27.7 Å². The Morgan fingerprint density at radius 1 is 1.29 bits per heavy atom. The van der Waals surface area contributed by atoms with Gasteiger partial charge in [-0.15, -0.1) is 5.10 Å². The van der Waals surface area contributed by atoms with Gasteiger partial charge < -0.3 is 5.32 Å². The van der Waals surface area contributed by atoms with Gasteiger partial charge in [0.15, 0.2) is 0 Å². The van der Waals surface area contributed by atoms with E-state index in [1.54, 1.807) is 4.68 Å². The van der Waals surface area contributed by atoms with E-state index in [0.29, 0.717) is 0 Å². The van der Waals surface area contributed by atoms with Crippen molar-refractivity contribution in [3.05, 3.63) is 36.2 Å². The molecule has 0 atom stereocenters. The zero-order valence-electron chi connectivity index (χ0n) is 11.8. The van der Waals surface area contributed by atoms with E-state index in [9.17, 15) is 0 Å². The molecule has 3 aromatic rings. The van der Waals surface area contributed by atoms with Gasteiger partial charge in [-0.2, -0.15) is 5.10 Å². The van der Waals surface area contributed by atoms with Gasteiger partial charge in [0, 0.05) is 24.5 Å². The molecule has 0 unspecified atom stereocenters. The van der Waals surface area contributed by atoms with Gasteiger partial charge in [-0.3, -0.25) is 9.78 Å². The summed E-state index contributed by atoms with van der Waals surface area (Å²) in [4.78, 5) is 0. The second-order valence-electron chi connectivity index (χ2n) is 5.27. The Kier molecular flexibility index (Phi) is 2.82. The Morgan fingerprint density at radius 3 is 3.00 bits per heavy atom. The van der Waals surface area contributed by atoms with Crippen molar-refractivity contribution in [2.24, 2.45) is 7.05 Å². The van der Waals surface area contributed by atoms with E-state index in [0.717, 1.165) is 47.4 Å². The van der Waals surface area contributed by atoms with Crippen LogP contribution in [0.15, 0.2) is 30.5 Å². The first-order chi connectivity index (χ1) is 10.3. The number of hydrogen-bond donors (Lipinski definition) is 2. The van der Waals surface area contributed by atoms with Gasteiger partial charge in [-0.25, -0.2) is 0 Å². The fourth-order valence-electron chi connectivity index (χ4n) is 2.80. The fourth-order valence-corrected chi connectivity index (χ4v) is 2.80. The van der Waals surface area contributed by atoms with E-state index in [-0.39, 0.29) is 0 Å². The molecule has 4 rings (SSSR count). The van der Waals surface area contributed by atoms with Gasteiger partial charge >= 0.3 is 0 Å². The van der Waals surface area contributed by atoms with E-state index >= 15 is 0 Å². The molecular weight excluding hydrogens is 264 g/mol. The number of para-hydroxylation sites is 1. The van der Waals surface area contributed by atoms with Gasteiger partial charge in [-0.1, -0.05) is 29.5 Å². The van der Waals surface area contributed by atoms with Gasteiger partial charge in [0.05, 0.1) is 17.4 Å². The molecule has 6 nitrogen and oxygen atoms in total. The maximum atomic E-state index is 4.52. The third-order valence-corrected chi connectivity index (χ3v) is 3.81. The van der Waals surface area contributed by atoms with Crippen molar-refractivity contribution in [2.75, 3.05) is 13.1 Å². The number of hydrogen-bond acceptors (Lipinski definition) is 4. The van der Waals surface area contributed by atoms with Crippen LogP contribution in [0.2, 0.25) is 0 Å². The van der Waals surface area contributed by atoms with Crippen molar-refractivity contribution in [1.82, 2.24) is 30.5 Å². The highest BCUT2D eigenvalue weighted by molar-refractivity contribution is 5.98. The van der Waals surface area contributed by atoms with E-state index in [4.69, 9.17) is 0 Å². The minimum atomic E-state index is 0.856. The van der Waals surface area contributed by atoms with E-state index in [2.05, 4.69) is 38.0 Å². The molecule has 1 aromatic carbocycles. The maximum absolute atomic E-state index is 4.52. The van der Waals surface area contributed by atoms with Crippen molar-refractivity contribution in [3.63, 3.8) is 0 Å². The quantitative estimate of drug-likeness (QED) is 0.750. The van der Waals surface area contributed by atoms with Crippen LogP contribution < -0.4 is 5.32 Å². The number of nitrogens with zero attached hydrogens (tertiary/aromatic N) is 4. The number of aromatic nitrogens is 5. The van der Waals surface area contributed by atoms with Crippen LogP contribution in [0.5, 0.6) is 0 Å². The second-order valence-corrected chi connectivity index (χ2v) is 5.27. The predicted octanol–water partition coefficient (Wildman–Crippen LogP) is 1.74. The number of rotatable bonds is 2. The first-order valence-corrected chi connectivity index (χ1v) is 7.07. The number of fused-ring (bicyclic) bond motifs is 1. The highest BCUT2D eigenvalue weighted by Crippen LogP contribution is 2.30. The summed E-state index contributed by atoms with van der Waals surface area (Å²) in [5.74, 6) is 0. The predicted molar refractivity (Wildman–Crippen MR) is 81.6 cm³/mol. The molecule has 6 heteroatoms. The molecule has 2 aromatic heterocycles. The lowest BCUT2D eigenvalue weighted by atomic mass is 10.0. The SMILES string of the molecule is Cn1cc(-c2cccc3c(C4=CCCNC4)n[nH]c23)nn1. The number of aryl methyl sites for hydroxylation is 1. The van der Waals surface area contributed by atoms with Crippen LogP contribution in [0.3, 0.4) is 0 Å². The van der Waals surface area contributed by atoms with Crippen molar-refractivity contribution >= 4 is 16.5 Å². The molecule has 1 aliphatic rings. The first-order valence-electron chi connectivity index (χ1n) is 7.07. The molecule has 3 heterocycles. The van der Waals surface area contributed by atoms with Gasteiger partial charge in [0.25, 0.3) is 0 Å². The van der Waals surface area contributed by atoms with Crippen LogP contribution in [-0.2, 0) is 7.05 Å². The Morgan fingerprint density at radius 2 is 2.24 bits per heavy atom. The third kappa shape index (κ3) is 2.04. The molecule has 0 spiro atoms. The molecule has 0 fully saturated rings. The van der Waals surface area contributed by atoms with Gasteiger partial charge in [0.1, 0.15) is 5.69 Å². The summed E-state index contributed by atoms with van der Waals surface area (Å²) in [6, 6.07) is 6.19. The Hall–Kier alpha value is -2.47. The zero-order chi connectivity index (χ0) is 14.2. The minimum absolute atomic E-state index is 0.856. The molecule has 0 amide bonds.